The summed E-state index contributed by atoms with van der Waals surface area (Å²) in [6, 6.07) is 15.7. The minimum atomic E-state index is -0.347. The van der Waals surface area contributed by atoms with Crippen molar-refractivity contribution in [1.29, 1.82) is 0 Å². The highest BCUT2D eigenvalue weighted by atomic mass is 19.1. The van der Waals surface area contributed by atoms with Crippen molar-refractivity contribution < 1.29 is 13.7 Å². The first-order valence-corrected chi connectivity index (χ1v) is 9.55. The lowest BCUT2D eigenvalue weighted by Gasteiger charge is -2.31. The van der Waals surface area contributed by atoms with E-state index in [1.807, 2.05) is 37.3 Å². The first-order valence-electron chi connectivity index (χ1n) is 9.55. The zero-order valence-electron chi connectivity index (χ0n) is 15.7. The Morgan fingerprint density at radius 1 is 1.18 bits per heavy atom. The van der Waals surface area contributed by atoms with Crippen molar-refractivity contribution in [3.63, 3.8) is 0 Å². The molecule has 28 heavy (non-hydrogen) atoms. The molecule has 4 rings (SSSR count). The van der Waals surface area contributed by atoms with Crippen LogP contribution in [0.2, 0.25) is 0 Å². The van der Waals surface area contributed by atoms with E-state index < -0.39 is 0 Å². The predicted molar refractivity (Wildman–Crippen MR) is 103 cm³/mol. The number of aromatic nitrogens is 2. The largest absolute Gasteiger partial charge is 0.339 e. The molecule has 0 spiro atoms. The van der Waals surface area contributed by atoms with Crippen LogP contribution in [0.15, 0.2) is 59.1 Å². The van der Waals surface area contributed by atoms with Gasteiger partial charge in [0.25, 0.3) is 5.91 Å². The molecule has 0 saturated carbocycles. The fourth-order valence-corrected chi connectivity index (χ4v) is 3.62. The Kier molecular flexibility index (Phi) is 5.19. The van der Waals surface area contributed by atoms with Crippen molar-refractivity contribution >= 4 is 5.91 Å². The second-order valence-corrected chi connectivity index (χ2v) is 7.22. The van der Waals surface area contributed by atoms with Gasteiger partial charge in [-0.2, -0.15) is 4.98 Å². The lowest BCUT2D eigenvalue weighted by atomic mass is 9.96. The molecule has 6 heteroatoms. The molecule has 2 aromatic carbocycles. The maximum absolute atomic E-state index is 13.1. The number of rotatable bonds is 4. The molecular weight excluding hydrogens is 357 g/mol. The molecule has 144 valence electrons. The van der Waals surface area contributed by atoms with Crippen molar-refractivity contribution in [2.45, 2.75) is 31.6 Å². The molecule has 1 aliphatic heterocycles. The Balaban J connectivity index is 1.47. The number of nitrogens with zero attached hydrogens (tertiary/aromatic N) is 3. The molecule has 1 aliphatic rings. The van der Waals surface area contributed by atoms with Crippen molar-refractivity contribution in [3.05, 3.63) is 83.3 Å². The molecule has 1 aromatic heterocycles. The minimum Gasteiger partial charge on any atom is -0.339 e. The van der Waals surface area contributed by atoms with Gasteiger partial charge in [0.2, 0.25) is 5.89 Å². The third-order valence-corrected chi connectivity index (χ3v) is 5.29. The highest BCUT2D eigenvalue weighted by Gasteiger charge is 2.29. The number of amides is 1. The average molecular weight is 379 g/mol. The van der Waals surface area contributed by atoms with Crippen molar-refractivity contribution in [3.8, 4) is 0 Å². The summed E-state index contributed by atoms with van der Waals surface area (Å²) in [6.45, 7) is 3.25. The van der Waals surface area contributed by atoms with E-state index in [1.54, 1.807) is 4.90 Å². The van der Waals surface area contributed by atoms with E-state index in [2.05, 4.69) is 10.1 Å². The van der Waals surface area contributed by atoms with Gasteiger partial charge in [-0.25, -0.2) is 4.39 Å². The zero-order valence-corrected chi connectivity index (χ0v) is 15.7. The summed E-state index contributed by atoms with van der Waals surface area (Å²) in [5.74, 6) is 0.852. The lowest BCUT2D eigenvalue weighted by molar-refractivity contribution is 0.0703. The standard InChI is InChI=1S/C22H22FN3O2/c1-15(16-6-3-2-4-7-16)21-24-20(25-28-21)18-8-5-13-26(14-18)22(27)17-9-11-19(23)12-10-17/h2-4,6-7,9-12,15,18H,5,8,13-14H2,1H3/t15-,18?/m1/s1. The van der Waals surface area contributed by atoms with Crippen molar-refractivity contribution in [2.75, 3.05) is 13.1 Å². The molecule has 1 amide bonds. The van der Waals surface area contributed by atoms with Crippen LogP contribution < -0.4 is 0 Å². The highest BCUT2D eigenvalue weighted by molar-refractivity contribution is 5.94. The Hall–Kier alpha value is -3.02. The van der Waals surface area contributed by atoms with Crippen LogP contribution in [0, 0.1) is 5.82 Å². The SMILES string of the molecule is C[C@H](c1ccccc1)c1nc(C2CCCN(C(=O)c3ccc(F)cc3)C2)no1. The Bertz CT molecular complexity index is 940. The van der Waals surface area contributed by atoms with Crippen LogP contribution in [-0.4, -0.2) is 34.0 Å². The van der Waals surface area contributed by atoms with Crippen LogP contribution in [0.1, 0.15) is 59.2 Å². The number of benzene rings is 2. The van der Waals surface area contributed by atoms with Crippen molar-refractivity contribution in [2.24, 2.45) is 0 Å². The van der Waals surface area contributed by atoms with Gasteiger partial charge in [-0.1, -0.05) is 35.5 Å². The summed E-state index contributed by atoms with van der Waals surface area (Å²) in [5.41, 5.74) is 1.61. The summed E-state index contributed by atoms with van der Waals surface area (Å²) in [7, 11) is 0. The molecule has 1 unspecified atom stereocenters. The number of halogens is 1. The molecule has 1 fully saturated rings. The number of piperidine rings is 1. The van der Waals surface area contributed by atoms with Crippen LogP contribution in [0.25, 0.3) is 0 Å². The fourth-order valence-electron chi connectivity index (χ4n) is 3.62. The van der Waals surface area contributed by atoms with Gasteiger partial charge in [0, 0.05) is 24.6 Å². The van der Waals surface area contributed by atoms with E-state index >= 15 is 0 Å². The van der Waals surface area contributed by atoms with Crippen LogP contribution in [0.5, 0.6) is 0 Å². The Morgan fingerprint density at radius 2 is 1.93 bits per heavy atom. The van der Waals surface area contributed by atoms with E-state index in [4.69, 9.17) is 4.52 Å². The first kappa shape index (κ1) is 18.3. The topological polar surface area (TPSA) is 59.2 Å². The van der Waals surface area contributed by atoms with Gasteiger partial charge < -0.3 is 9.42 Å². The second kappa shape index (κ2) is 7.92. The Labute approximate surface area is 163 Å². The first-order chi connectivity index (χ1) is 13.6. The maximum atomic E-state index is 13.1. The molecule has 5 nitrogen and oxygen atoms in total. The maximum Gasteiger partial charge on any atom is 0.253 e. The van der Waals surface area contributed by atoms with Gasteiger partial charge in [0.05, 0.1) is 5.92 Å². The molecule has 0 N–H and O–H groups in total. The van der Waals surface area contributed by atoms with E-state index in [-0.39, 0.29) is 23.6 Å². The Morgan fingerprint density at radius 3 is 2.68 bits per heavy atom. The number of hydrogen-bond donors (Lipinski definition) is 0. The number of likely N-dealkylation sites (tertiary alicyclic amines) is 1. The summed E-state index contributed by atoms with van der Waals surface area (Å²) < 4.78 is 18.6. The van der Waals surface area contributed by atoms with Crippen LogP contribution in [-0.2, 0) is 0 Å². The van der Waals surface area contributed by atoms with Gasteiger partial charge in [-0.3, -0.25) is 4.79 Å². The van der Waals surface area contributed by atoms with Crippen LogP contribution >= 0.6 is 0 Å². The zero-order chi connectivity index (χ0) is 19.5. The van der Waals surface area contributed by atoms with E-state index in [1.165, 1.54) is 24.3 Å². The predicted octanol–water partition coefficient (Wildman–Crippen LogP) is 4.38. The summed E-state index contributed by atoms with van der Waals surface area (Å²) in [5, 5.41) is 4.19. The molecular formula is C22H22FN3O2. The van der Waals surface area contributed by atoms with Crippen molar-refractivity contribution in [1.82, 2.24) is 15.0 Å². The molecule has 2 heterocycles. The fraction of sp³-hybridized carbons (Fsp3) is 0.318. The molecule has 0 aliphatic carbocycles. The van der Waals surface area contributed by atoms with Gasteiger partial charge in [-0.15, -0.1) is 0 Å². The highest BCUT2D eigenvalue weighted by Crippen LogP contribution is 2.28. The number of hydrogen-bond acceptors (Lipinski definition) is 4. The van der Waals surface area contributed by atoms with Gasteiger partial charge in [0.15, 0.2) is 5.82 Å². The minimum absolute atomic E-state index is 0.0167. The van der Waals surface area contributed by atoms with Crippen LogP contribution in [0.4, 0.5) is 4.39 Å². The van der Waals surface area contributed by atoms with E-state index in [0.29, 0.717) is 30.4 Å². The second-order valence-electron chi connectivity index (χ2n) is 7.22. The molecule has 3 aromatic rings. The van der Waals surface area contributed by atoms with Gasteiger partial charge >= 0.3 is 0 Å². The quantitative estimate of drug-likeness (QED) is 0.675. The normalized spacial score (nSPS) is 18.1. The monoisotopic (exact) mass is 379 g/mol. The van der Waals surface area contributed by atoms with Crippen LogP contribution in [0.3, 0.4) is 0 Å². The lowest BCUT2D eigenvalue weighted by Crippen LogP contribution is -2.39. The third kappa shape index (κ3) is 3.81. The number of carbonyl (C=O) groups excluding carboxylic acids is 1. The van der Waals surface area contributed by atoms with E-state index in [9.17, 15) is 9.18 Å². The molecule has 0 bridgehead atoms. The average Bonchev–Trinajstić information content (AvgIpc) is 3.24. The molecule has 1 saturated heterocycles. The number of carbonyl (C=O) groups is 1. The molecule has 2 atom stereocenters. The summed E-state index contributed by atoms with van der Waals surface area (Å²) in [4.78, 5) is 19.1. The molecule has 0 radical (unpaired) electrons. The third-order valence-electron chi connectivity index (χ3n) is 5.29. The van der Waals surface area contributed by atoms with Gasteiger partial charge in [-0.05, 0) is 49.6 Å². The smallest absolute Gasteiger partial charge is 0.253 e. The van der Waals surface area contributed by atoms with E-state index in [0.717, 1.165) is 18.4 Å². The summed E-state index contributed by atoms with van der Waals surface area (Å²) >= 11 is 0. The summed E-state index contributed by atoms with van der Waals surface area (Å²) in [6.07, 6.45) is 1.78. The van der Waals surface area contributed by atoms with Gasteiger partial charge in [0.1, 0.15) is 5.82 Å².